The zero-order valence-electron chi connectivity index (χ0n) is 16.2. The van der Waals surface area contributed by atoms with Crippen LogP contribution in [0.2, 0.25) is 0 Å². The van der Waals surface area contributed by atoms with E-state index in [1.807, 2.05) is 24.3 Å². The molecule has 0 fully saturated rings. The van der Waals surface area contributed by atoms with Gasteiger partial charge < -0.3 is 15.5 Å². The Bertz CT molecular complexity index is 952. The number of phenolic OH excluding ortho intramolecular Hbond substituents is 2. The lowest BCUT2D eigenvalue weighted by atomic mass is 9.79. The number of hydrogen-bond donors (Lipinski definition) is 3. The number of aromatic hydroxyl groups is 2. The van der Waals surface area contributed by atoms with E-state index in [-0.39, 0.29) is 6.04 Å². The molecule has 28 heavy (non-hydrogen) atoms. The molecular weight excluding hydrogens is 346 g/mol. The normalized spacial score (nSPS) is 17.0. The molecule has 0 bridgehead atoms. The Morgan fingerprint density at radius 2 is 1.68 bits per heavy atom. The van der Waals surface area contributed by atoms with Gasteiger partial charge in [0.15, 0.2) is 0 Å². The number of fused-ring (bicyclic) bond motifs is 1. The number of rotatable bonds is 5. The highest BCUT2D eigenvalue weighted by atomic mass is 16.3. The maximum Gasteiger partial charge on any atom is 0.117 e. The summed E-state index contributed by atoms with van der Waals surface area (Å²) in [6.07, 6.45) is 3.90. The fourth-order valence-electron chi connectivity index (χ4n) is 4.32. The summed E-state index contributed by atoms with van der Waals surface area (Å²) >= 11 is 0. The van der Waals surface area contributed by atoms with Crippen LogP contribution in [0.25, 0.3) is 0 Å². The largest absolute Gasteiger partial charge is 0.508 e. The average Bonchev–Trinajstić information content (AvgIpc) is 2.68. The van der Waals surface area contributed by atoms with Crippen LogP contribution in [0.4, 0.5) is 5.69 Å². The van der Waals surface area contributed by atoms with Crippen molar-refractivity contribution in [3.63, 3.8) is 0 Å². The number of anilines is 1. The number of aryl methyl sites for hydroxylation is 1. The van der Waals surface area contributed by atoms with Crippen LogP contribution < -0.4 is 5.32 Å². The lowest BCUT2D eigenvalue weighted by Crippen LogP contribution is -2.21. The third-order valence-corrected chi connectivity index (χ3v) is 5.68. The van der Waals surface area contributed by atoms with Gasteiger partial charge >= 0.3 is 0 Å². The molecule has 1 aliphatic rings. The molecule has 144 valence electrons. The van der Waals surface area contributed by atoms with E-state index in [1.165, 1.54) is 22.3 Å². The van der Waals surface area contributed by atoms with Gasteiger partial charge in [0.1, 0.15) is 11.5 Å². The quantitative estimate of drug-likeness (QED) is 0.560. The Morgan fingerprint density at radius 3 is 2.50 bits per heavy atom. The number of benzene rings is 3. The number of nitrogens with one attached hydrogen (secondary N) is 1. The first-order chi connectivity index (χ1) is 13.6. The van der Waals surface area contributed by atoms with Gasteiger partial charge in [0, 0.05) is 17.8 Å². The van der Waals surface area contributed by atoms with E-state index in [1.54, 1.807) is 12.1 Å². The van der Waals surface area contributed by atoms with Gasteiger partial charge in [-0.1, -0.05) is 42.5 Å². The lowest BCUT2D eigenvalue weighted by molar-refractivity contribution is 0.471. The van der Waals surface area contributed by atoms with Crippen molar-refractivity contribution in [3.05, 3.63) is 89.0 Å². The van der Waals surface area contributed by atoms with E-state index in [0.29, 0.717) is 17.4 Å². The molecule has 0 saturated carbocycles. The molecule has 0 amide bonds. The maximum absolute atomic E-state index is 10.1. The highest BCUT2D eigenvalue weighted by molar-refractivity contribution is 5.58. The third-order valence-electron chi connectivity index (χ3n) is 5.68. The standard InChI is InChI=1S/C25H27NO2/c1-17(13-18-5-3-2-4-6-18)26-25-16-23(28)11-12-24(25)21-8-7-20-15-22(27)10-9-19(20)14-21/h2-6,9-12,15-17,21,26-28H,7-8,13-14H2,1H3. The monoisotopic (exact) mass is 373 g/mol. The van der Waals surface area contributed by atoms with Gasteiger partial charge in [-0.15, -0.1) is 0 Å². The second-order valence-electron chi connectivity index (χ2n) is 7.90. The first-order valence-electron chi connectivity index (χ1n) is 10.0. The summed E-state index contributed by atoms with van der Waals surface area (Å²) in [5.41, 5.74) is 6.15. The smallest absolute Gasteiger partial charge is 0.117 e. The summed E-state index contributed by atoms with van der Waals surface area (Å²) in [5, 5.41) is 23.4. The van der Waals surface area contributed by atoms with E-state index in [0.717, 1.165) is 31.4 Å². The second kappa shape index (κ2) is 7.97. The fourth-order valence-corrected chi connectivity index (χ4v) is 4.32. The van der Waals surface area contributed by atoms with Crippen molar-refractivity contribution >= 4 is 5.69 Å². The first-order valence-corrected chi connectivity index (χ1v) is 10.0. The zero-order valence-corrected chi connectivity index (χ0v) is 16.2. The van der Waals surface area contributed by atoms with Crippen molar-refractivity contribution in [1.29, 1.82) is 0 Å². The molecule has 3 N–H and O–H groups in total. The van der Waals surface area contributed by atoms with E-state index in [4.69, 9.17) is 0 Å². The van der Waals surface area contributed by atoms with Crippen LogP contribution in [0.15, 0.2) is 66.7 Å². The molecule has 0 aliphatic heterocycles. The SMILES string of the molecule is CC(Cc1ccccc1)Nc1cc(O)ccc1C1CCc2cc(O)ccc2C1. The highest BCUT2D eigenvalue weighted by Gasteiger charge is 2.23. The minimum Gasteiger partial charge on any atom is -0.508 e. The topological polar surface area (TPSA) is 52.5 Å². The Labute approximate surface area is 166 Å². The van der Waals surface area contributed by atoms with Crippen molar-refractivity contribution in [2.75, 3.05) is 5.32 Å². The molecule has 1 aliphatic carbocycles. The van der Waals surface area contributed by atoms with Crippen LogP contribution in [0.5, 0.6) is 11.5 Å². The minimum absolute atomic E-state index is 0.260. The third kappa shape index (κ3) is 4.14. The van der Waals surface area contributed by atoms with E-state index in [2.05, 4.69) is 42.6 Å². The van der Waals surface area contributed by atoms with Gasteiger partial charge in [0.2, 0.25) is 0 Å². The first kappa shape index (κ1) is 18.4. The summed E-state index contributed by atoms with van der Waals surface area (Å²) in [6.45, 7) is 2.18. The van der Waals surface area contributed by atoms with E-state index < -0.39 is 0 Å². The summed E-state index contributed by atoms with van der Waals surface area (Å²) in [4.78, 5) is 0. The molecule has 4 rings (SSSR count). The predicted octanol–water partition coefficient (Wildman–Crippen LogP) is 5.41. The molecule has 3 nitrogen and oxygen atoms in total. The van der Waals surface area contributed by atoms with Crippen LogP contribution in [0, 0.1) is 0 Å². The summed E-state index contributed by atoms with van der Waals surface area (Å²) in [6, 6.07) is 22.1. The van der Waals surface area contributed by atoms with Gasteiger partial charge in [0.05, 0.1) is 0 Å². The molecule has 0 heterocycles. The van der Waals surface area contributed by atoms with Crippen molar-refractivity contribution < 1.29 is 10.2 Å². The van der Waals surface area contributed by atoms with E-state index >= 15 is 0 Å². The molecule has 3 aromatic rings. The Morgan fingerprint density at radius 1 is 0.929 bits per heavy atom. The fraction of sp³-hybridized carbons (Fsp3) is 0.280. The molecule has 0 saturated heterocycles. The maximum atomic E-state index is 10.1. The second-order valence-corrected chi connectivity index (χ2v) is 7.90. The molecule has 0 aromatic heterocycles. The van der Waals surface area contributed by atoms with Crippen molar-refractivity contribution in [2.24, 2.45) is 0 Å². The van der Waals surface area contributed by atoms with Gasteiger partial charge in [-0.3, -0.25) is 0 Å². The van der Waals surface area contributed by atoms with Crippen LogP contribution in [0.3, 0.4) is 0 Å². The summed E-state index contributed by atoms with van der Waals surface area (Å²) in [7, 11) is 0. The highest BCUT2D eigenvalue weighted by Crippen LogP contribution is 2.38. The van der Waals surface area contributed by atoms with Gasteiger partial charge in [-0.25, -0.2) is 0 Å². The Kier molecular flexibility index (Phi) is 5.25. The van der Waals surface area contributed by atoms with Gasteiger partial charge in [0.25, 0.3) is 0 Å². The Balaban J connectivity index is 1.54. The minimum atomic E-state index is 0.260. The van der Waals surface area contributed by atoms with Crippen LogP contribution in [-0.4, -0.2) is 16.3 Å². The van der Waals surface area contributed by atoms with Crippen molar-refractivity contribution in [3.8, 4) is 11.5 Å². The number of hydrogen-bond acceptors (Lipinski definition) is 3. The Hall–Kier alpha value is -2.94. The number of phenols is 2. The molecule has 0 radical (unpaired) electrons. The van der Waals surface area contributed by atoms with Crippen LogP contribution >= 0.6 is 0 Å². The molecule has 3 aromatic carbocycles. The molecule has 2 unspecified atom stereocenters. The van der Waals surface area contributed by atoms with Crippen LogP contribution in [-0.2, 0) is 19.3 Å². The van der Waals surface area contributed by atoms with Crippen molar-refractivity contribution in [1.82, 2.24) is 0 Å². The zero-order chi connectivity index (χ0) is 19.5. The molecule has 2 atom stereocenters. The van der Waals surface area contributed by atoms with Gasteiger partial charge in [-0.2, -0.15) is 0 Å². The molecule has 3 heteroatoms. The summed E-state index contributed by atoms with van der Waals surface area (Å²) in [5.74, 6) is 1.04. The predicted molar refractivity (Wildman–Crippen MR) is 114 cm³/mol. The average molecular weight is 373 g/mol. The lowest BCUT2D eigenvalue weighted by Gasteiger charge is -2.28. The van der Waals surface area contributed by atoms with Crippen molar-refractivity contribution in [2.45, 2.75) is 44.6 Å². The summed E-state index contributed by atoms with van der Waals surface area (Å²) < 4.78 is 0. The van der Waals surface area contributed by atoms with E-state index in [9.17, 15) is 10.2 Å². The molecule has 0 spiro atoms. The van der Waals surface area contributed by atoms with Gasteiger partial charge in [-0.05, 0) is 79.0 Å². The van der Waals surface area contributed by atoms with Crippen LogP contribution in [0.1, 0.15) is 41.5 Å². The molecular formula is C25H27NO2.